The van der Waals surface area contributed by atoms with E-state index in [1.54, 1.807) is 41.4 Å². The highest BCUT2D eigenvalue weighted by Crippen LogP contribution is 2.33. The van der Waals surface area contributed by atoms with Gasteiger partial charge in [-0.3, -0.25) is 14.5 Å². The van der Waals surface area contributed by atoms with Crippen LogP contribution in [0.15, 0.2) is 59.6 Å². The maximum absolute atomic E-state index is 12.9. The van der Waals surface area contributed by atoms with Gasteiger partial charge in [-0.25, -0.2) is 9.78 Å². The lowest BCUT2D eigenvalue weighted by atomic mass is 10.1. The summed E-state index contributed by atoms with van der Waals surface area (Å²) in [5, 5.41) is 4.15. The molecule has 0 unspecified atom stereocenters. The maximum atomic E-state index is 12.9. The van der Waals surface area contributed by atoms with Crippen molar-refractivity contribution in [2.75, 3.05) is 19.0 Å². The number of thiocarbonyl (C=S) groups is 1. The molecule has 1 aliphatic rings. The summed E-state index contributed by atoms with van der Waals surface area (Å²) in [4.78, 5) is 44.3. The van der Waals surface area contributed by atoms with Crippen molar-refractivity contribution >= 4 is 80.2 Å². The maximum Gasteiger partial charge on any atom is 0.337 e. The Hall–Kier alpha value is -3.05. The highest BCUT2D eigenvalue weighted by Gasteiger charge is 2.31. The number of carbonyl (C=O) groups is 3. The van der Waals surface area contributed by atoms with Crippen molar-refractivity contribution in [3.63, 3.8) is 0 Å². The molecule has 1 aliphatic heterocycles. The van der Waals surface area contributed by atoms with Crippen LogP contribution in [-0.2, 0) is 20.7 Å². The van der Waals surface area contributed by atoms with Crippen LogP contribution in [0.25, 0.3) is 6.08 Å². The molecule has 2 heterocycles. The van der Waals surface area contributed by atoms with Gasteiger partial charge in [-0.2, -0.15) is 0 Å². The molecule has 0 aliphatic carbocycles. The average molecular weight is 600 g/mol. The van der Waals surface area contributed by atoms with Gasteiger partial charge in [-0.1, -0.05) is 72.3 Å². The SMILES string of the molecule is COC(=O)c1ccc(C=C2SC(=S)N(CCCCCC(=O)Nc3ncc(Cc4ccccc4Cl)s3)C2=O)cc1. The number of methoxy groups -OCH3 is 1. The van der Waals surface area contributed by atoms with Gasteiger partial charge in [-0.05, 0) is 48.2 Å². The second kappa shape index (κ2) is 13.8. The standard InChI is InChI=1S/C28H26ClN3O4S3/c1-36-26(35)19-12-10-18(11-13-19)15-23-25(34)32(28(37)39-23)14-6-2-3-9-24(33)31-27-30-17-21(38-27)16-20-7-4-5-8-22(20)29/h4-5,7-8,10-13,15,17H,2-3,6,9,14,16H2,1H3,(H,30,31,33). The molecule has 0 bridgehead atoms. The summed E-state index contributed by atoms with van der Waals surface area (Å²) in [6, 6.07) is 14.5. The zero-order valence-electron chi connectivity index (χ0n) is 21.1. The number of anilines is 1. The smallest absolute Gasteiger partial charge is 0.337 e. The van der Waals surface area contributed by atoms with Gasteiger partial charge in [0.15, 0.2) is 5.13 Å². The molecular weight excluding hydrogens is 574 g/mol. The number of aromatic nitrogens is 1. The van der Waals surface area contributed by atoms with E-state index in [9.17, 15) is 14.4 Å². The second-order valence-corrected chi connectivity index (χ2v) is 11.9. The van der Waals surface area contributed by atoms with Gasteiger partial charge >= 0.3 is 5.97 Å². The third-order valence-electron chi connectivity index (χ3n) is 5.91. The Morgan fingerprint density at radius 3 is 2.64 bits per heavy atom. The molecule has 4 rings (SSSR count). The number of carbonyl (C=O) groups excluding carboxylic acids is 3. The summed E-state index contributed by atoms with van der Waals surface area (Å²) in [6.45, 7) is 0.503. The lowest BCUT2D eigenvalue weighted by molar-refractivity contribution is -0.122. The van der Waals surface area contributed by atoms with E-state index < -0.39 is 5.97 Å². The Morgan fingerprint density at radius 1 is 1.13 bits per heavy atom. The molecule has 202 valence electrons. The number of unbranched alkanes of at least 4 members (excludes halogenated alkanes) is 2. The van der Waals surface area contributed by atoms with Crippen molar-refractivity contribution < 1.29 is 19.1 Å². The van der Waals surface area contributed by atoms with Gasteiger partial charge in [0, 0.05) is 35.5 Å². The van der Waals surface area contributed by atoms with Gasteiger partial charge < -0.3 is 10.1 Å². The molecule has 2 amide bonds. The largest absolute Gasteiger partial charge is 0.465 e. The fraction of sp³-hybridized carbons (Fsp3) is 0.250. The van der Waals surface area contributed by atoms with Gasteiger partial charge in [-0.15, -0.1) is 11.3 Å². The van der Waals surface area contributed by atoms with E-state index in [1.165, 1.54) is 30.2 Å². The van der Waals surface area contributed by atoms with Gasteiger partial charge in [0.2, 0.25) is 5.91 Å². The molecule has 0 saturated carbocycles. The predicted molar refractivity (Wildman–Crippen MR) is 161 cm³/mol. The Kier molecular flexibility index (Phi) is 10.3. The summed E-state index contributed by atoms with van der Waals surface area (Å²) in [7, 11) is 1.33. The first-order chi connectivity index (χ1) is 18.8. The van der Waals surface area contributed by atoms with Crippen LogP contribution >= 0.6 is 46.9 Å². The molecule has 39 heavy (non-hydrogen) atoms. The van der Waals surface area contributed by atoms with E-state index in [0.717, 1.165) is 28.8 Å². The molecule has 7 nitrogen and oxygen atoms in total. The predicted octanol–water partition coefficient (Wildman–Crippen LogP) is 6.57. The highest BCUT2D eigenvalue weighted by molar-refractivity contribution is 8.26. The first-order valence-electron chi connectivity index (χ1n) is 12.3. The first kappa shape index (κ1) is 28.9. The van der Waals surface area contributed by atoms with Crippen molar-refractivity contribution in [3.05, 3.63) is 86.2 Å². The van der Waals surface area contributed by atoms with Crippen molar-refractivity contribution in [3.8, 4) is 0 Å². The zero-order chi connectivity index (χ0) is 27.8. The van der Waals surface area contributed by atoms with E-state index in [4.69, 9.17) is 28.6 Å². The first-order valence-corrected chi connectivity index (χ1v) is 14.7. The number of esters is 1. The number of nitrogens with one attached hydrogen (secondary N) is 1. The Morgan fingerprint density at radius 2 is 1.90 bits per heavy atom. The number of thiazole rings is 1. The zero-order valence-corrected chi connectivity index (χ0v) is 24.4. The quantitative estimate of drug-likeness (QED) is 0.115. The van der Waals surface area contributed by atoms with E-state index in [1.807, 2.05) is 24.3 Å². The van der Waals surface area contributed by atoms with E-state index in [2.05, 4.69) is 10.3 Å². The van der Waals surface area contributed by atoms with Crippen molar-refractivity contribution in [2.24, 2.45) is 0 Å². The number of ether oxygens (including phenoxy) is 1. The normalized spacial score (nSPS) is 14.2. The lowest BCUT2D eigenvalue weighted by Gasteiger charge is -2.14. The van der Waals surface area contributed by atoms with Crippen molar-refractivity contribution in [1.29, 1.82) is 0 Å². The number of hydrogen-bond donors (Lipinski definition) is 1. The topological polar surface area (TPSA) is 88.6 Å². The number of nitrogens with zero attached hydrogens (tertiary/aromatic N) is 2. The van der Waals surface area contributed by atoms with Gasteiger partial charge in [0.25, 0.3) is 5.91 Å². The summed E-state index contributed by atoms with van der Waals surface area (Å²) in [5.41, 5.74) is 2.26. The minimum absolute atomic E-state index is 0.0830. The Bertz CT molecular complexity index is 1410. The number of rotatable bonds is 11. The summed E-state index contributed by atoms with van der Waals surface area (Å²) >= 11 is 14.4. The van der Waals surface area contributed by atoms with E-state index >= 15 is 0 Å². The van der Waals surface area contributed by atoms with Gasteiger partial charge in [0.05, 0.1) is 17.6 Å². The molecule has 1 fully saturated rings. The number of hydrogen-bond acceptors (Lipinski definition) is 8. The second-order valence-electron chi connectivity index (χ2n) is 8.71. The van der Waals surface area contributed by atoms with Crippen LogP contribution in [0.3, 0.4) is 0 Å². The molecule has 3 aromatic rings. The average Bonchev–Trinajstić information content (AvgIpc) is 3.48. The molecular formula is C28H26ClN3O4S3. The van der Waals surface area contributed by atoms with Crippen LogP contribution in [0.4, 0.5) is 5.13 Å². The lowest BCUT2D eigenvalue weighted by Crippen LogP contribution is -2.29. The highest BCUT2D eigenvalue weighted by atomic mass is 35.5. The Balaban J connectivity index is 1.18. The minimum Gasteiger partial charge on any atom is -0.465 e. The molecule has 0 spiro atoms. The molecule has 0 atom stereocenters. The van der Waals surface area contributed by atoms with Crippen LogP contribution in [0, 0.1) is 0 Å². The van der Waals surface area contributed by atoms with Crippen LogP contribution in [0.2, 0.25) is 5.02 Å². The van der Waals surface area contributed by atoms with Crippen LogP contribution < -0.4 is 5.32 Å². The third kappa shape index (κ3) is 7.98. The number of amides is 2. The fourth-order valence-electron chi connectivity index (χ4n) is 3.87. The van der Waals surface area contributed by atoms with Crippen molar-refractivity contribution in [1.82, 2.24) is 9.88 Å². The van der Waals surface area contributed by atoms with Crippen LogP contribution in [-0.4, -0.2) is 45.6 Å². The minimum atomic E-state index is -0.410. The van der Waals surface area contributed by atoms with Crippen LogP contribution in [0.1, 0.15) is 52.0 Å². The number of halogens is 1. The molecule has 1 saturated heterocycles. The van der Waals surface area contributed by atoms with Crippen LogP contribution in [0.5, 0.6) is 0 Å². The van der Waals surface area contributed by atoms with Gasteiger partial charge in [0.1, 0.15) is 4.32 Å². The third-order valence-corrected chi connectivity index (χ3v) is 8.57. The van der Waals surface area contributed by atoms with E-state index in [-0.39, 0.29) is 11.8 Å². The molecule has 1 aromatic heterocycles. The molecule has 1 N–H and O–H groups in total. The molecule has 0 radical (unpaired) electrons. The summed E-state index contributed by atoms with van der Waals surface area (Å²) in [6.07, 6.45) is 6.79. The molecule has 11 heteroatoms. The van der Waals surface area contributed by atoms with E-state index in [0.29, 0.717) is 50.8 Å². The number of benzene rings is 2. The monoisotopic (exact) mass is 599 g/mol. The fourth-order valence-corrected chi connectivity index (χ4v) is 6.23. The Labute approximate surface area is 245 Å². The summed E-state index contributed by atoms with van der Waals surface area (Å²) < 4.78 is 5.23. The number of thioether (sulfide) groups is 1. The summed E-state index contributed by atoms with van der Waals surface area (Å²) in [5.74, 6) is -0.621. The van der Waals surface area contributed by atoms with Crippen molar-refractivity contribution in [2.45, 2.75) is 32.1 Å². The molecule has 2 aromatic carbocycles.